The summed E-state index contributed by atoms with van der Waals surface area (Å²) in [5, 5.41) is 8.85. The smallest absolute Gasteiger partial charge is 0.335 e. The van der Waals surface area contributed by atoms with Gasteiger partial charge in [0.05, 0.1) is 5.56 Å². The van der Waals surface area contributed by atoms with Crippen LogP contribution in [0.3, 0.4) is 0 Å². The maximum absolute atomic E-state index is 12.3. The second kappa shape index (κ2) is 6.22. The lowest BCUT2D eigenvalue weighted by molar-refractivity contribution is 0.0695. The van der Waals surface area contributed by atoms with Crippen LogP contribution in [0.4, 0.5) is 0 Å². The second-order valence-electron chi connectivity index (χ2n) is 5.03. The molecule has 0 aromatic heterocycles. The fourth-order valence-electron chi connectivity index (χ4n) is 2.13. The number of carbonyl (C=O) groups is 2. The molecule has 2 aromatic carbocycles. The largest absolute Gasteiger partial charge is 0.478 e. The summed E-state index contributed by atoms with van der Waals surface area (Å²) in [4.78, 5) is 24.7. The maximum Gasteiger partial charge on any atom is 0.335 e. The fourth-order valence-corrected chi connectivity index (χ4v) is 2.13. The molecule has 21 heavy (non-hydrogen) atoms. The number of carboxylic acid groups (broad SMARTS) is 1. The number of hydrogen-bond acceptors (Lipinski definition) is 2. The third-order valence-electron chi connectivity index (χ3n) is 3.23. The number of aryl methyl sites for hydroxylation is 1. The highest BCUT2D eigenvalue weighted by Crippen LogP contribution is 2.11. The molecular weight excluding hydrogens is 266 g/mol. The Morgan fingerprint density at radius 3 is 2.24 bits per heavy atom. The monoisotopic (exact) mass is 283 g/mol. The molecule has 0 fully saturated rings. The van der Waals surface area contributed by atoms with Gasteiger partial charge < -0.3 is 10.0 Å². The number of nitrogens with zero attached hydrogens (tertiary/aromatic N) is 1. The van der Waals surface area contributed by atoms with E-state index in [0.717, 1.165) is 11.1 Å². The van der Waals surface area contributed by atoms with Crippen molar-refractivity contribution in [2.75, 3.05) is 7.05 Å². The summed E-state index contributed by atoms with van der Waals surface area (Å²) in [6, 6.07) is 13.9. The molecule has 0 heterocycles. The molecule has 0 saturated carbocycles. The summed E-state index contributed by atoms with van der Waals surface area (Å²) in [5.41, 5.74) is 2.87. The Balaban J connectivity index is 2.10. The molecule has 0 atom stereocenters. The van der Waals surface area contributed by atoms with Crippen LogP contribution in [0, 0.1) is 6.92 Å². The number of carbonyl (C=O) groups excluding carboxylic acids is 1. The van der Waals surface area contributed by atoms with Gasteiger partial charge in [0, 0.05) is 19.2 Å². The molecule has 2 aromatic rings. The van der Waals surface area contributed by atoms with Gasteiger partial charge in [0.1, 0.15) is 0 Å². The van der Waals surface area contributed by atoms with Gasteiger partial charge in [0.2, 0.25) is 0 Å². The lowest BCUT2D eigenvalue weighted by atomic mass is 10.1. The number of rotatable bonds is 4. The number of carboxylic acids is 1. The van der Waals surface area contributed by atoms with Gasteiger partial charge in [-0.1, -0.05) is 29.8 Å². The summed E-state index contributed by atoms with van der Waals surface area (Å²) in [5.74, 6) is -1.13. The molecule has 0 bridgehead atoms. The van der Waals surface area contributed by atoms with E-state index in [1.165, 1.54) is 12.1 Å². The van der Waals surface area contributed by atoms with Crippen molar-refractivity contribution in [3.63, 3.8) is 0 Å². The molecule has 0 spiro atoms. The van der Waals surface area contributed by atoms with Crippen LogP contribution in [0.25, 0.3) is 0 Å². The molecule has 0 aliphatic heterocycles. The summed E-state index contributed by atoms with van der Waals surface area (Å²) < 4.78 is 0. The molecule has 0 aliphatic carbocycles. The van der Waals surface area contributed by atoms with Crippen molar-refractivity contribution in [1.29, 1.82) is 0 Å². The molecule has 0 unspecified atom stereocenters. The standard InChI is InChI=1S/C17H17NO3/c1-12-4-3-5-13(10-12)11-18(2)16(19)14-6-8-15(9-7-14)17(20)21/h3-10H,11H2,1-2H3,(H,20,21). The Kier molecular flexibility index (Phi) is 4.38. The first kappa shape index (κ1) is 14.8. The summed E-state index contributed by atoms with van der Waals surface area (Å²) in [6.07, 6.45) is 0. The summed E-state index contributed by atoms with van der Waals surface area (Å²) >= 11 is 0. The lowest BCUT2D eigenvalue weighted by Crippen LogP contribution is -2.26. The van der Waals surface area contributed by atoms with E-state index in [2.05, 4.69) is 0 Å². The Bertz CT molecular complexity index is 662. The third kappa shape index (κ3) is 3.69. The van der Waals surface area contributed by atoms with Gasteiger partial charge in [-0.15, -0.1) is 0 Å². The molecule has 108 valence electrons. The second-order valence-corrected chi connectivity index (χ2v) is 5.03. The molecule has 0 radical (unpaired) electrons. The highest BCUT2D eigenvalue weighted by molar-refractivity contribution is 5.95. The molecule has 4 nitrogen and oxygen atoms in total. The Labute approximate surface area is 123 Å². The molecule has 0 saturated heterocycles. The van der Waals surface area contributed by atoms with Gasteiger partial charge in [-0.2, -0.15) is 0 Å². The van der Waals surface area contributed by atoms with E-state index in [4.69, 9.17) is 5.11 Å². The minimum Gasteiger partial charge on any atom is -0.478 e. The average molecular weight is 283 g/mol. The van der Waals surface area contributed by atoms with Gasteiger partial charge >= 0.3 is 5.97 Å². The number of benzene rings is 2. The van der Waals surface area contributed by atoms with Crippen molar-refractivity contribution in [2.24, 2.45) is 0 Å². The van der Waals surface area contributed by atoms with Crippen molar-refractivity contribution in [1.82, 2.24) is 4.90 Å². The van der Waals surface area contributed by atoms with Crippen molar-refractivity contribution in [2.45, 2.75) is 13.5 Å². The zero-order chi connectivity index (χ0) is 15.4. The van der Waals surface area contributed by atoms with E-state index in [1.54, 1.807) is 24.1 Å². The first-order valence-electron chi connectivity index (χ1n) is 6.62. The number of hydrogen-bond donors (Lipinski definition) is 1. The SMILES string of the molecule is Cc1cccc(CN(C)C(=O)c2ccc(C(=O)O)cc2)c1. The van der Waals surface area contributed by atoms with E-state index in [9.17, 15) is 9.59 Å². The minimum atomic E-state index is -0.998. The minimum absolute atomic E-state index is 0.131. The first-order valence-corrected chi connectivity index (χ1v) is 6.62. The topological polar surface area (TPSA) is 57.6 Å². The highest BCUT2D eigenvalue weighted by Gasteiger charge is 2.13. The molecule has 1 N–H and O–H groups in total. The van der Waals surface area contributed by atoms with Crippen molar-refractivity contribution >= 4 is 11.9 Å². The van der Waals surface area contributed by atoms with Gasteiger partial charge in [-0.05, 0) is 36.8 Å². The molecule has 4 heteroatoms. The van der Waals surface area contributed by atoms with Crippen LogP contribution in [0.5, 0.6) is 0 Å². The predicted molar refractivity (Wildman–Crippen MR) is 80.4 cm³/mol. The van der Waals surface area contributed by atoms with Gasteiger partial charge in [0.25, 0.3) is 5.91 Å². The summed E-state index contributed by atoms with van der Waals surface area (Å²) in [6.45, 7) is 2.52. The van der Waals surface area contributed by atoms with Crippen LogP contribution < -0.4 is 0 Å². The van der Waals surface area contributed by atoms with Crippen LogP contribution >= 0.6 is 0 Å². The Hall–Kier alpha value is -2.62. The van der Waals surface area contributed by atoms with Gasteiger partial charge in [-0.25, -0.2) is 4.79 Å². The Morgan fingerprint density at radius 2 is 1.67 bits per heavy atom. The van der Waals surface area contributed by atoms with Crippen molar-refractivity contribution in [3.05, 3.63) is 70.8 Å². The predicted octanol–water partition coefficient (Wildman–Crippen LogP) is 2.97. The van der Waals surface area contributed by atoms with Crippen LogP contribution in [-0.2, 0) is 6.54 Å². The maximum atomic E-state index is 12.3. The first-order chi connectivity index (χ1) is 9.97. The lowest BCUT2D eigenvalue weighted by Gasteiger charge is -2.17. The van der Waals surface area contributed by atoms with Crippen LogP contribution in [0.1, 0.15) is 31.8 Å². The summed E-state index contributed by atoms with van der Waals surface area (Å²) in [7, 11) is 1.73. The fraction of sp³-hybridized carbons (Fsp3) is 0.176. The van der Waals surface area contributed by atoms with E-state index in [1.807, 2.05) is 31.2 Å². The molecule has 1 amide bonds. The van der Waals surface area contributed by atoms with Crippen LogP contribution in [-0.4, -0.2) is 28.9 Å². The zero-order valence-corrected chi connectivity index (χ0v) is 12.0. The Morgan fingerprint density at radius 1 is 1.05 bits per heavy atom. The van der Waals surface area contributed by atoms with E-state index in [-0.39, 0.29) is 11.5 Å². The molecule has 0 aliphatic rings. The highest BCUT2D eigenvalue weighted by atomic mass is 16.4. The quantitative estimate of drug-likeness (QED) is 0.938. The molecule has 2 rings (SSSR count). The zero-order valence-electron chi connectivity index (χ0n) is 12.0. The van der Waals surface area contributed by atoms with Crippen molar-refractivity contribution in [3.8, 4) is 0 Å². The van der Waals surface area contributed by atoms with Crippen LogP contribution in [0.15, 0.2) is 48.5 Å². The van der Waals surface area contributed by atoms with Gasteiger partial charge in [-0.3, -0.25) is 4.79 Å². The van der Waals surface area contributed by atoms with Gasteiger partial charge in [0.15, 0.2) is 0 Å². The number of aromatic carboxylic acids is 1. The van der Waals surface area contributed by atoms with E-state index < -0.39 is 5.97 Å². The van der Waals surface area contributed by atoms with E-state index >= 15 is 0 Å². The average Bonchev–Trinajstić information content (AvgIpc) is 2.46. The third-order valence-corrected chi connectivity index (χ3v) is 3.23. The molecular formula is C17H17NO3. The van der Waals surface area contributed by atoms with Crippen molar-refractivity contribution < 1.29 is 14.7 Å². The van der Waals surface area contributed by atoms with E-state index in [0.29, 0.717) is 12.1 Å². The van der Waals surface area contributed by atoms with Crippen LogP contribution in [0.2, 0.25) is 0 Å². The number of amides is 1. The normalized spacial score (nSPS) is 10.2.